The number of nitriles is 1. The van der Waals surface area contributed by atoms with Crippen molar-refractivity contribution in [3.8, 4) is 6.07 Å². The quantitative estimate of drug-likeness (QED) is 0.471. The van der Waals surface area contributed by atoms with Crippen LogP contribution in [0.2, 0.25) is 0 Å². The van der Waals surface area contributed by atoms with Gasteiger partial charge in [-0.25, -0.2) is 0 Å². The summed E-state index contributed by atoms with van der Waals surface area (Å²) in [4.78, 5) is 38.0. The lowest BCUT2D eigenvalue weighted by Gasteiger charge is -2.18. The molecular formula is C22H20N4O4S2. The number of anilines is 1. The molecule has 1 aliphatic rings. The average Bonchev–Trinajstić information content (AvgIpc) is 3.03. The number of nitrogens with zero attached hydrogens (tertiary/aromatic N) is 3. The zero-order valence-corrected chi connectivity index (χ0v) is 19.0. The Morgan fingerprint density at radius 1 is 1.31 bits per heavy atom. The number of hydrogen-bond acceptors (Lipinski definition) is 7. The molecule has 0 saturated carbocycles. The van der Waals surface area contributed by atoms with Gasteiger partial charge in [-0.15, -0.1) is 0 Å². The molecule has 0 bridgehead atoms. The van der Waals surface area contributed by atoms with Gasteiger partial charge in [-0.1, -0.05) is 54.3 Å². The van der Waals surface area contributed by atoms with Crippen molar-refractivity contribution in [1.82, 2.24) is 9.47 Å². The number of carbonyl (C=O) groups is 2. The Labute approximate surface area is 194 Å². The fraction of sp³-hybridized carbons (Fsp3) is 0.227. The number of benzene rings is 1. The topological polar surface area (TPSA) is 115 Å². The molecule has 0 radical (unpaired) electrons. The molecule has 2 aromatic rings. The molecule has 10 heteroatoms. The molecule has 0 atom stereocenters. The molecule has 8 nitrogen and oxygen atoms in total. The summed E-state index contributed by atoms with van der Waals surface area (Å²) in [5.74, 6) is -0.962. The Bertz CT molecular complexity index is 1230. The summed E-state index contributed by atoms with van der Waals surface area (Å²) in [5, 5.41) is 21.7. The second kappa shape index (κ2) is 9.80. The first-order valence-electron chi connectivity index (χ1n) is 9.63. The second-order valence-corrected chi connectivity index (χ2v) is 8.73. The average molecular weight is 469 g/mol. The summed E-state index contributed by atoms with van der Waals surface area (Å²) in [7, 11) is 1.56. The van der Waals surface area contributed by atoms with Gasteiger partial charge < -0.3 is 10.4 Å². The predicted octanol–water partition coefficient (Wildman–Crippen LogP) is 2.85. The maximum Gasteiger partial charge on any atom is 0.305 e. The van der Waals surface area contributed by atoms with Crippen molar-refractivity contribution < 1.29 is 14.7 Å². The molecule has 1 aliphatic heterocycles. The number of aliphatic carboxylic acids is 1. The predicted molar refractivity (Wildman–Crippen MR) is 127 cm³/mol. The molecule has 1 amide bonds. The van der Waals surface area contributed by atoms with Gasteiger partial charge >= 0.3 is 5.97 Å². The number of amides is 1. The van der Waals surface area contributed by atoms with Gasteiger partial charge in [0, 0.05) is 25.7 Å². The summed E-state index contributed by atoms with van der Waals surface area (Å²) in [6, 6.07) is 11.5. The number of carbonyl (C=O) groups excluding carboxylic acids is 1. The third-order valence-corrected chi connectivity index (χ3v) is 6.38. The third kappa shape index (κ3) is 4.74. The highest BCUT2D eigenvalue weighted by atomic mass is 32.2. The van der Waals surface area contributed by atoms with Crippen LogP contribution in [0.25, 0.3) is 6.08 Å². The minimum Gasteiger partial charge on any atom is -0.481 e. The van der Waals surface area contributed by atoms with Crippen molar-refractivity contribution in [2.75, 3.05) is 11.9 Å². The molecule has 1 fully saturated rings. The number of hydrogen-bond donors (Lipinski definition) is 2. The lowest BCUT2D eigenvalue weighted by Crippen LogP contribution is -2.30. The molecule has 2 heterocycles. The van der Waals surface area contributed by atoms with Gasteiger partial charge in [-0.2, -0.15) is 5.26 Å². The molecule has 0 aliphatic carbocycles. The van der Waals surface area contributed by atoms with E-state index in [1.165, 1.54) is 9.47 Å². The van der Waals surface area contributed by atoms with Crippen LogP contribution >= 0.6 is 24.0 Å². The van der Waals surface area contributed by atoms with Crippen LogP contribution < -0.4 is 10.9 Å². The Balaban J connectivity index is 2.04. The molecule has 3 rings (SSSR count). The molecule has 164 valence electrons. The van der Waals surface area contributed by atoms with E-state index in [9.17, 15) is 19.6 Å². The van der Waals surface area contributed by atoms with Crippen LogP contribution in [0.1, 0.15) is 28.7 Å². The van der Waals surface area contributed by atoms with Gasteiger partial charge in [0.1, 0.15) is 21.8 Å². The van der Waals surface area contributed by atoms with Crippen molar-refractivity contribution >= 4 is 52.1 Å². The Hall–Kier alpha value is -3.42. The van der Waals surface area contributed by atoms with Gasteiger partial charge in [0.15, 0.2) is 0 Å². The van der Waals surface area contributed by atoms with Crippen molar-refractivity contribution in [3.05, 3.63) is 67.8 Å². The van der Waals surface area contributed by atoms with Gasteiger partial charge in [0.25, 0.3) is 11.5 Å². The molecular weight excluding hydrogens is 448 g/mol. The molecule has 1 aromatic carbocycles. The molecule has 1 aromatic heterocycles. The molecule has 2 N–H and O–H groups in total. The van der Waals surface area contributed by atoms with Gasteiger partial charge in [0.05, 0.1) is 11.3 Å². The number of carboxylic acids is 1. The number of nitrogens with one attached hydrogen (secondary N) is 1. The highest BCUT2D eigenvalue weighted by Gasteiger charge is 2.32. The monoisotopic (exact) mass is 468 g/mol. The first kappa shape index (κ1) is 23.2. The minimum absolute atomic E-state index is 0.00892. The summed E-state index contributed by atoms with van der Waals surface area (Å²) < 4.78 is 1.62. The van der Waals surface area contributed by atoms with E-state index >= 15 is 0 Å². The third-order valence-electron chi connectivity index (χ3n) is 5.00. The lowest BCUT2D eigenvalue weighted by molar-refractivity contribution is -0.137. The summed E-state index contributed by atoms with van der Waals surface area (Å²) in [5.41, 5.74) is 1.52. The second-order valence-electron chi connectivity index (χ2n) is 7.05. The maximum atomic E-state index is 12.8. The molecule has 32 heavy (non-hydrogen) atoms. The zero-order chi connectivity index (χ0) is 23.4. The molecule has 0 spiro atoms. The van der Waals surface area contributed by atoms with Crippen molar-refractivity contribution in [2.24, 2.45) is 7.05 Å². The van der Waals surface area contributed by atoms with E-state index in [1.54, 1.807) is 20.0 Å². The number of rotatable bonds is 7. The highest BCUT2D eigenvalue weighted by molar-refractivity contribution is 8.26. The number of carboxylic acid groups (broad SMARTS) is 1. The molecule has 0 unspecified atom stereocenters. The molecule has 1 saturated heterocycles. The van der Waals surface area contributed by atoms with Gasteiger partial charge in [0.2, 0.25) is 0 Å². The highest BCUT2D eigenvalue weighted by Crippen LogP contribution is 2.35. The van der Waals surface area contributed by atoms with E-state index in [0.29, 0.717) is 28.4 Å². The van der Waals surface area contributed by atoms with Gasteiger partial charge in [-0.05, 0) is 24.1 Å². The number of aromatic nitrogens is 1. The van der Waals surface area contributed by atoms with Crippen molar-refractivity contribution in [2.45, 2.75) is 19.9 Å². The van der Waals surface area contributed by atoms with E-state index in [4.69, 9.17) is 17.3 Å². The summed E-state index contributed by atoms with van der Waals surface area (Å²) in [6.45, 7) is 2.07. The first-order chi connectivity index (χ1) is 15.2. The Morgan fingerprint density at radius 2 is 2.00 bits per heavy atom. The SMILES string of the molecule is Cc1c(/C=C2/SC(=S)N(CCC(=O)O)C2=O)c(NCc2ccccc2)n(C)c(=O)c1C#N. The minimum atomic E-state index is -1.03. The number of thiocarbonyl (C=S) groups is 1. The smallest absolute Gasteiger partial charge is 0.305 e. The van der Waals surface area contributed by atoms with Crippen LogP contribution in [-0.4, -0.2) is 37.3 Å². The summed E-state index contributed by atoms with van der Waals surface area (Å²) in [6.07, 6.45) is 1.38. The maximum absolute atomic E-state index is 12.8. The van der Waals surface area contributed by atoms with E-state index in [-0.39, 0.29) is 22.8 Å². The van der Waals surface area contributed by atoms with E-state index in [2.05, 4.69) is 5.32 Å². The van der Waals surface area contributed by atoms with Crippen LogP contribution in [0.4, 0.5) is 5.82 Å². The van der Waals surface area contributed by atoms with Gasteiger partial charge in [-0.3, -0.25) is 23.9 Å². The first-order valence-corrected chi connectivity index (χ1v) is 10.9. The van der Waals surface area contributed by atoms with Crippen LogP contribution in [0.15, 0.2) is 40.0 Å². The Kier molecular flexibility index (Phi) is 7.12. The van der Waals surface area contributed by atoms with E-state index < -0.39 is 17.4 Å². The number of pyridine rings is 1. The van der Waals surface area contributed by atoms with Crippen LogP contribution in [0.3, 0.4) is 0 Å². The van der Waals surface area contributed by atoms with Crippen molar-refractivity contribution in [1.29, 1.82) is 5.26 Å². The largest absolute Gasteiger partial charge is 0.481 e. The van der Waals surface area contributed by atoms with E-state index in [0.717, 1.165) is 17.3 Å². The number of thioether (sulfide) groups is 1. The van der Waals surface area contributed by atoms with Crippen LogP contribution in [-0.2, 0) is 23.2 Å². The fourth-order valence-corrected chi connectivity index (χ4v) is 4.55. The lowest BCUT2D eigenvalue weighted by atomic mass is 10.0. The van der Waals surface area contributed by atoms with Crippen LogP contribution in [0.5, 0.6) is 0 Å². The standard InChI is InChI=1S/C22H20N4O4S2/c1-13-15(10-17-21(30)26(22(31)32-17)9-8-18(27)28)19(25(2)20(29)16(13)11-23)24-12-14-6-4-3-5-7-14/h3-7,10,24H,8-9,12H2,1-2H3,(H,27,28)/b17-10+. The van der Waals surface area contributed by atoms with Crippen molar-refractivity contribution in [3.63, 3.8) is 0 Å². The van der Waals surface area contributed by atoms with E-state index in [1.807, 2.05) is 36.4 Å². The normalized spacial score (nSPS) is 14.7. The Morgan fingerprint density at radius 3 is 2.62 bits per heavy atom. The zero-order valence-electron chi connectivity index (χ0n) is 17.4. The summed E-state index contributed by atoms with van der Waals surface area (Å²) >= 11 is 6.31. The van der Waals surface area contributed by atoms with Crippen LogP contribution in [0, 0.1) is 18.3 Å². The fourth-order valence-electron chi connectivity index (χ4n) is 3.26.